The molecule has 0 amide bonds. The van der Waals surface area contributed by atoms with Gasteiger partial charge in [-0.2, -0.15) is 0 Å². The minimum atomic E-state index is -0.440. The van der Waals surface area contributed by atoms with Crippen molar-refractivity contribution < 1.29 is 18.8 Å². The fraction of sp³-hybridized carbons (Fsp3) is 0.211. The Labute approximate surface area is 145 Å². The number of rotatable bonds is 5. The molecule has 6 nitrogen and oxygen atoms in total. The van der Waals surface area contributed by atoms with Crippen molar-refractivity contribution in [3.05, 3.63) is 65.2 Å². The summed E-state index contributed by atoms with van der Waals surface area (Å²) in [6.07, 6.45) is 0. The van der Waals surface area contributed by atoms with Crippen LogP contribution in [0, 0.1) is 13.8 Å². The molecule has 128 valence electrons. The molecule has 1 aromatic carbocycles. The van der Waals surface area contributed by atoms with Crippen molar-refractivity contribution in [1.29, 1.82) is 0 Å². The molecule has 0 radical (unpaired) electrons. The van der Waals surface area contributed by atoms with E-state index in [-0.39, 0.29) is 6.61 Å². The molecule has 0 bridgehead atoms. The molecule has 3 rings (SSSR count). The molecular weight excluding hydrogens is 320 g/mol. The van der Waals surface area contributed by atoms with Gasteiger partial charge in [0.25, 0.3) is 0 Å². The number of methoxy groups -OCH3 is 1. The van der Waals surface area contributed by atoms with Crippen molar-refractivity contribution in [1.82, 2.24) is 10.1 Å². The van der Waals surface area contributed by atoms with Crippen molar-refractivity contribution in [2.24, 2.45) is 0 Å². The zero-order valence-corrected chi connectivity index (χ0v) is 14.3. The Hall–Kier alpha value is -3.15. The number of carbonyl (C=O) groups excluding carboxylic acids is 1. The summed E-state index contributed by atoms with van der Waals surface area (Å²) in [6.45, 7) is 3.65. The molecular formula is C19H18N2O4. The van der Waals surface area contributed by atoms with Crippen LogP contribution in [0.4, 0.5) is 0 Å². The number of carbonyl (C=O) groups is 1. The first kappa shape index (κ1) is 16.7. The van der Waals surface area contributed by atoms with Crippen LogP contribution in [0.5, 0.6) is 5.75 Å². The first-order chi connectivity index (χ1) is 12.1. The quantitative estimate of drug-likeness (QED) is 0.660. The Morgan fingerprint density at radius 3 is 2.76 bits per heavy atom. The van der Waals surface area contributed by atoms with Crippen LogP contribution >= 0.6 is 0 Å². The normalized spacial score (nSPS) is 10.5. The smallest absolute Gasteiger partial charge is 0.340 e. The number of ether oxygens (including phenoxy) is 2. The van der Waals surface area contributed by atoms with Crippen LogP contribution in [-0.4, -0.2) is 23.2 Å². The zero-order chi connectivity index (χ0) is 17.8. The van der Waals surface area contributed by atoms with Gasteiger partial charge in [-0.05, 0) is 38.1 Å². The molecule has 0 N–H and O–H groups in total. The lowest BCUT2D eigenvalue weighted by Crippen LogP contribution is -2.08. The van der Waals surface area contributed by atoms with E-state index in [1.807, 2.05) is 31.2 Å². The highest BCUT2D eigenvalue weighted by molar-refractivity contribution is 5.90. The molecule has 0 saturated heterocycles. The molecule has 0 unspecified atom stereocenters. The minimum absolute atomic E-state index is 0.00309. The molecule has 0 atom stereocenters. The summed E-state index contributed by atoms with van der Waals surface area (Å²) >= 11 is 0. The number of aromatic nitrogens is 2. The van der Waals surface area contributed by atoms with Crippen molar-refractivity contribution >= 4 is 5.97 Å². The summed E-state index contributed by atoms with van der Waals surface area (Å²) in [6, 6.07) is 12.7. The highest BCUT2D eigenvalue weighted by Gasteiger charge is 2.14. The number of hydrogen-bond acceptors (Lipinski definition) is 6. The maximum atomic E-state index is 12.2. The lowest BCUT2D eigenvalue weighted by atomic mass is 10.1. The van der Waals surface area contributed by atoms with E-state index in [2.05, 4.69) is 10.1 Å². The maximum absolute atomic E-state index is 12.2. The summed E-state index contributed by atoms with van der Waals surface area (Å²) in [5.74, 6) is 0.754. The Balaban J connectivity index is 1.68. The van der Waals surface area contributed by atoms with Gasteiger partial charge in [-0.25, -0.2) is 4.79 Å². The van der Waals surface area contributed by atoms with Crippen LogP contribution in [0.2, 0.25) is 0 Å². The monoisotopic (exact) mass is 338 g/mol. The van der Waals surface area contributed by atoms with Crippen LogP contribution in [0.1, 0.15) is 27.5 Å². The summed E-state index contributed by atoms with van der Waals surface area (Å²) in [7, 11) is 1.61. The molecule has 6 heteroatoms. The average Bonchev–Trinajstić information content (AvgIpc) is 3.09. The largest absolute Gasteiger partial charge is 0.497 e. The van der Waals surface area contributed by atoms with Gasteiger partial charge in [0.2, 0.25) is 0 Å². The molecule has 0 aliphatic heterocycles. The summed E-state index contributed by atoms with van der Waals surface area (Å²) in [4.78, 5) is 16.4. The minimum Gasteiger partial charge on any atom is -0.497 e. The predicted octanol–water partition coefficient (Wildman–Crippen LogP) is 3.72. The first-order valence-electron chi connectivity index (χ1n) is 7.78. The molecule has 0 spiro atoms. The predicted molar refractivity (Wildman–Crippen MR) is 91.3 cm³/mol. The van der Waals surface area contributed by atoms with Crippen molar-refractivity contribution in [2.75, 3.05) is 7.11 Å². The van der Waals surface area contributed by atoms with Gasteiger partial charge in [0, 0.05) is 17.3 Å². The zero-order valence-electron chi connectivity index (χ0n) is 14.3. The van der Waals surface area contributed by atoms with Crippen molar-refractivity contribution in [2.45, 2.75) is 20.5 Å². The Bertz CT molecular complexity index is 902. The topological polar surface area (TPSA) is 74.5 Å². The summed E-state index contributed by atoms with van der Waals surface area (Å²) in [5, 5.41) is 4.01. The molecule has 2 aromatic heterocycles. The molecule has 0 aliphatic rings. The fourth-order valence-corrected chi connectivity index (χ4v) is 2.42. The highest BCUT2D eigenvalue weighted by Crippen LogP contribution is 2.23. The second-order valence-corrected chi connectivity index (χ2v) is 5.57. The highest BCUT2D eigenvalue weighted by atomic mass is 16.5. The Morgan fingerprint density at radius 1 is 1.16 bits per heavy atom. The standard InChI is InChI=1S/C19H18N2O4/c1-12-7-8-17(13(2)20-12)19(22)24-11-16-10-18(21-25-16)14-5-4-6-15(9-14)23-3/h4-10H,11H2,1-3H3. The van der Waals surface area contributed by atoms with E-state index in [4.69, 9.17) is 14.0 Å². The van der Waals surface area contributed by atoms with Gasteiger partial charge in [0.1, 0.15) is 11.4 Å². The molecule has 25 heavy (non-hydrogen) atoms. The lowest BCUT2D eigenvalue weighted by molar-refractivity contribution is 0.0436. The van der Waals surface area contributed by atoms with Gasteiger partial charge < -0.3 is 14.0 Å². The molecule has 2 heterocycles. The van der Waals surface area contributed by atoms with Gasteiger partial charge in [-0.15, -0.1) is 0 Å². The van der Waals surface area contributed by atoms with E-state index in [1.54, 1.807) is 32.2 Å². The molecule has 0 aliphatic carbocycles. The van der Waals surface area contributed by atoms with Gasteiger partial charge in [0.15, 0.2) is 12.4 Å². The van der Waals surface area contributed by atoms with Crippen molar-refractivity contribution in [3.63, 3.8) is 0 Å². The van der Waals surface area contributed by atoms with Crippen LogP contribution < -0.4 is 4.74 Å². The van der Waals surface area contributed by atoms with E-state index < -0.39 is 5.97 Å². The number of pyridine rings is 1. The van der Waals surface area contributed by atoms with E-state index in [1.165, 1.54) is 0 Å². The summed E-state index contributed by atoms with van der Waals surface area (Å²) < 4.78 is 15.7. The number of esters is 1. The third-order valence-corrected chi connectivity index (χ3v) is 3.71. The summed E-state index contributed by atoms with van der Waals surface area (Å²) in [5.41, 5.74) is 3.45. The third-order valence-electron chi connectivity index (χ3n) is 3.71. The van der Waals surface area contributed by atoms with Gasteiger partial charge in [-0.1, -0.05) is 17.3 Å². The molecule has 3 aromatic rings. The second-order valence-electron chi connectivity index (χ2n) is 5.57. The Morgan fingerprint density at radius 2 is 2.00 bits per heavy atom. The van der Waals surface area contributed by atoms with E-state index in [0.29, 0.717) is 22.7 Å². The van der Waals surface area contributed by atoms with Crippen LogP contribution in [-0.2, 0) is 11.3 Å². The van der Waals surface area contributed by atoms with E-state index in [9.17, 15) is 4.79 Å². The van der Waals surface area contributed by atoms with Gasteiger partial charge in [-0.3, -0.25) is 4.98 Å². The maximum Gasteiger partial charge on any atom is 0.340 e. The number of nitrogens with zero attached hydrogens (tertiary/aromatic N) is 2. The third kappa shape index (κ3) is 3.85. The first-order valence-corrected chi connectivity index (χ1v) is 7.78. The van der Waals surface area contributed by atoms with Crippen LogP contribution in [0.3, 0.4) is 0 Å². The average molecular weight is 338 g/mol. The van der Waals surface area contributed by atoms with Crippen LogP contribution in [0.25, 0.3) is 11.3 Å². The second kappa shape index (κ2) is 7.17. The van der Waals surface area contributed by atoms with E-state index in [0.717, 1.165) is 17.0 Å². The SMILES string of the molecule is COc1cccc(-c2cc(COC(=O)c3ccc(C)nc3C)on2)c1. The Kier molecular flexibility index (Phi) is 4.79. The van der Waals surface area contributed by atoms with E-state index >= 15 is 0 Å². The van der Waals surface area contributed by atoms with Crippen LogP contribution in [0.15, 0.2) is 47.0 Å². The van der Waals surface area contributed by atoms with Gasteiger partial charge >= 0.3 is 5.97 Å². The number of benzene rings is 1. The number of hydrogen-bond donors (Lipinski definition) is 0. The van der Waals surface area contributed by atoms with Gasteiger partial charge in [0.05, 0.1) is 18.4 Å². The molecule has 0 saturated carbocycles. The fourth-order valence-electron chi connectivity index (χ4n) is 2.42. The van der Waals surface area contributed by atoms with Crippen molar-refractivity contribution in [3.8, 4) is 17.0 Å². The number of aryl methyl sites for hydroxylation is 2. The molecule has 0 fully saturated rings. The lowest BCUT2D eigenvalue weighted by Gasteiger charge is -2.05.